The van der Waals surface area contributed by atoms with Crippen molar-refractivity contribution in [3.63, 3.8) is 0 Å². The smallest absolute Gasteiger partial charge is 0.333 e. The zero-order valence-electron chi connectivity index (χ0n) is 24.6. The molecule has 45 heavy (non-hydrogen) atoms. The fraction of sp³-hybridized carbons (Fsp3) is 0. The van der Waals surface area contributed by atoms with Crippen molar-refractivity contribution < 1.29 is 0 Å². The standard InChI is InChI=1S/C42H27BN2/c1-3-11-28(12-4-1)30-21-24-32(25-22-30)45-39-26-23-31(29-13-5-2-6-14-29)27-36(39)34-16-10-20-40-41(34)43(45)37-18-9-17-35-33-15-7-8-19-38(33)44(40)42(35)37/h1-27H. The third-order valence-corrected chi connectivity index (χ3v) is 9.78. The minimum absolute atomic E-state index is 0.0364. The van der Waals surface area contributed by atoms with Crippen LogP contribution in [0.15, 0.2) is 164 Å². The van der Waals surface area contributed by atoms with Gasteiger partial charge in [0.15, 0.2) is 0 Å². The summed E-state index contributed by atoms with van der Waals surface area (Å²) in [5.74, 6) is 0. The fourth-order valence-electron chi connectivity index (χ4n) is 7.85. The maximum absolute atomic E-state index is 2.58. The lowest BCUT2D eigenvalue weighted by Gasteiger charge is -2.42. The summed E-state index contributed by atoms with van der Waals surface area (Å²) in [6.45, 7) is 0.0364. The Balaban J connectivity index is 1.28. The Morgan fingerprint density at radius 3 is 1.87 bits per heavy atom. The molecular weight excluding hydrogens is 543 g/mol. The van der Waals surface area contributed by atoms with Gasteiger partial charge in [0, 0.05) is 33.4 Å². The van der Waals surface area contributed by atoms with E-state index >= 15 is 0 Å². The second-order valence-electron chi connectivity index (χ2n) is 12.1. The summed E-state index contributed by atoms with van der Waals surface area (Å²) in [7, 11) is 0. The number of hydrogen-bond acceptors (Lipinski definition) is 1. The first-order valence-corrected chi connectivity index (χ1v) is 15.6. The number of para-hydroxylation sites is 2. The zero-order valence-corrected chi connectivity index (χ0v) is 24.6. The molecule has 0 saturated heterocycles. The highest BCUT2D eigenvalue weighted by atomic mass is 15.1. The summed E-state index contributed by atoms with van der Waals surface area (Å²) < 4.78 is 2.51. The predicted molar refractivity (Wildman–Crippen MR) is 191 cm³/mol. The largest absolute Gasteiger partial charge is 0.376 e. The number of aromatic nitrogens is 1. The van der Waals surface area contributed by atoms with Crippen molar-refractivity contribution in [3.05, 3.63) is 164 Å². The zero-order chi connectivity index (χ0) is 29.5. The van der Waals surface area contributed by atoms with Crippen molar-refractivity contribution in [2.24, 2.45) is 0 Å². The van der Waals surface area contributed by atoms with Gasteiger partial charge in [-0.3, -0.25) is 0 Å². The van der Waals surface area contributed by atoms with Crippen LogP contribution >= 0.6 is 0 Å². The average molecular weight is 571 g/mol. The molecule has 0 amide bonds. The number of anilines is 2. The van der Waals surface area contributed by atoms with Crippen LogP contribution in [0.4, 0.5) is 11.4 Å². The molecule has 10 rings (SSSR count). The van der Waals surface area contributed by atoms with Gasteiger partial charge in [0.1, 0.15) is 0 Å². The van der Waals surface area contributed by atoms with Crippen LogP contribution in [0.1, 0.15) is 0 Å². The molecule has 0 N–H and O–H groups in total. The molecule has 0 radical (unpaired) electrons. The number of benzene rings is 7. The summed E-state index contributed by atoms with van der Waals surface area (Å²) in [5, 5.41) is 2.61. The molecule has 1 aromatic heterocycles. The molecule has 0 aliphatic carbocycles. The van der Waals surface area contributed by atoms with Gasteiger partial charge in [0.05, 0.1) is 11.0 Å². The molecule has 0 atom stereocenters. The highest BCUT2D eigenvalue weighted by Gasteiger charge is 2.43. The van der Waals surface area contributed by atoms with Crippen LogP contribution in [0.2, 0.25) is 0 Å². The van der Waals surface area contributed by atoms with Gasteiger partial charge in [-0.2, -0.15) is 0 Å². The summed E-state index contributed by atoms with van der Waals surface area (Å²) in [5.41, 5.74) is 16.5. The molecule has 2 aliphatic rings. The van der Waals surface area contributed by atoms with E-state index in [2.05, 4.69) is 173 Å². The Hall–Kier alpha value is -5.80. The normalized spacial score (nSPS) is 12.8. The Bertz CT molecular complexity index is 2420. The van der Waals surface area contributed by atoms with E-state index in [0.29, 0.717) is 0 Å². The van der Waals surface area contributed by atoms with Crippen LogP contribution in [0, 0.1) is 0 Å². The van der Waals surface area contributed by atoms with Gasteiger partial charge >= 0.3 is 6.85 Å². The summed E-state index contributed by atoms with van der Waals surface area (Å²) >= 11 is 0. The van der Waals surface area contributed by atoms with Gasteiger partial charge in [-0.15, -0.1) is 0 Å². The Kier molecular flexibility index (Phi) is 5.12. The molecule has 7 aromatic carbocycles. The van der Waals surface area contributed by atoms with Gasteiger partial charge < -0.3 is 9.38 Å². The molecule has 0 bridgehead atoms. The maximum Gasteiger partial charge on any atom is 0.333 e. The molecule has 0 fully saturated rings. The van der Waals surface area contributed by atoms with Gasteiger partial charge in [0.2, 0.25) is 0 Å². The maximum atomic E-state index is 2.58. The summed E-state index contributed by atoms with van der Waals surface area (Å²) in [6, 6.07) is 60.1. The Morgan fingerprint density at radius 1 is 0.422 bits per heavy atom. The first kappa shape index (κ1) is 24.6. The molecule has 208 valence electrons. The SMILES string of the molecule is c1ccc(-c2ccc(N3B4c5c(cccc5-n5c6ccccc6c6cccc4c65)-c4cc(-c5ccccc5)ccc43)cc2)cc1. The van der Waals surface area contributed by atoms with Gasteiger partial charge in [-0.05, 0) is 75.1 Å². The van der Waals surface area contributed by atoms with Crippen molar-refractivity contribution in [2.75, 3.05) is 4.81 Å². The van der Waals surface area contributed by atoms with E-state index in [1.807, 2.05) is 0 Å². The van der Waals surface area contributed by atoms with Crippen LogP contribution in [0.25, 0.3) is 60.9 Å². The highest BCUT2D eigenvalue weighted by Crippen LogP contribution is 2.45. The van der Waals surface area contributed by atoms with E-state index in [4.69, 9.17) is 0 Å². The molecule has 0 spiro atoms. The topological polar surface area (TPSA) is 8.17 Å². The van der Waals surface area contributed by atoms with Crippen LogP contribution in [-0.2, 0) is 0 Å². The second-order valence-corrected chi connectivity index (χ2v) is 12.1. The number of rotatable bonds is 3. The van der Waals surface area contributed by atoms with E-state index in [0.717, 1.165) is 0 Å². The molecule has 8 aromatic rings. The molecule has 3 heteroatoms. The Labute approximate surface area is 262 Å². The molecule has 3 heterocycles. The van der Waals surface area contributed by atoms with Gasteiger partial charge in [-0.25, -0.2) is 0 Å². The van der Waals surface area contributed by atoms with Crippen LogP contribution in [-0.4, -0.2) is 11.4 Å². The fourth-order valence-corrected chi connectivity index (χ4v) is 7.85. The first-order chi connectivity index (χ1) is 22.3. The number of fused-ring (bicyclic) bond motifs is 7. The number of hydrogen-bond donors (Lipinski definition) is 0. The third kappa shape index (κ3) is 3.47. The highest BCUT2D eigenvalue weighted by molar-refractivity contribution is 6.93. The van der Waals surface area contributed by atoms with Gasteiger partial charge in [0.25, 0.3) is 0 Å². The van der Waals surface area contributed by atoms with Crippen LogP contribution in [0.5, 0.6) is 0 Å². The molecule has 2 aliphatic heterocycles. The minimum Gasteiger partial charge on any atom is -0.376 e. The number of nitrogens with zero attached hydrogens (tertiary/aromatic N) is 2. The van der Waals surface area contributed by atoms with Crippen molar-refractivity contribution in [1.82, 2.24) is 4.57 Å². The van der Waals surface area contributed by atoms with E-state index in [9.17, 15) is 0 Å². The predicted octanol–water partition coefficient (Wildman–Crippen LogP) is 9.36. The second kappa shape index (κ2) is 9.35. The van der Waals surface area contributed by atoms with Crippen LogP contribution in [0.3, 0.4) is 0 Å². The van der Waals surface area contributed by atoms with Crippen LogP contribution < -0.4 is 15.7 Å². The first-order valence-electron chi connectivity index (χ1n) is 15.6. The summed E-state index contributed by atoms with van der Waals surface area (Å²) in [6.07, 6.45) is 0. The molecule has 0 unspecified atom stereocenters. The van der Waals surface area contributed by atoms with E-state index < -0.39 is 0 Å². The molecular formula is C42H27BN2. The molecule has 2 nitrogen and oxygen atoms in total. The lowest BCUT2D eigenvalue weighted by Crippen LogP contribution is -2.60. The summed E-state index contributed by atoms with van der Waals surface area (Å²) in [4.78, 5) is 2.58. The van der Waals surface area contributed by atoms with E-state index in [1.165, 1.54) is 83.2 Å². The monoisotopic (exact) mass is 570 g/mol. The lowest BCUT2D eigenvalue weighted by molar-refractivity contribution is 1.18. The van der Waals surface area contributed by atoms with Crippen molar-refractivity contribution in [2.45, 2.75) is 0 Å². The average Bonchev–Trinajstić information content (AvgIpc) is 3.46. The van der Waals surface area contributed by atoms with E-state index in [1.54, 1.807) is 0 Å². The lowest BCUT2D eigenvalue weighted by atomic mass is 9.44. The molecule has 0 saturated carbocycles. The quantitative estimate of drug-likeness (QED) is 0.192. The van der Waals surface area contributed by atoms with Crippen molar-refractivity contribution >= 4 is 51.0 Å². The third-order valence-electron chi connectivity index (χ3n) is 9.78. The van der Waals surface area contributed by atoms with Crippen molar-refractivity contribution in [3.8, 4) is 39.1 Å². The Morgan fingerprint density at radius 2 is 1.07 bits per heavy atom. The van der Waals surface area contributed by atoms with E-state index in [-0.39, 0.29) is 6.85 Å². The minimum atomic E-state index is 0.0364. The van der Waals surface area contributed by atoms with Gasteiger partial charge in [-0.1, -0.05) is 127 Å². The van der Waals surface area contributed by atoms with Crippen molar-refractivity contribution in [1.29, 1.82) is 0 Å².